The first kappa shape index (κ1) is 21.4. The van der Waals surface area contributed by atoms with Gasteiger partial charge in [-0.05, 0) is 23.8 Å². The average molecular weight is 444 g/mol. The second-order valence-corrected chi connectivity index (χ2v) is 8.52. The summed E-state index contributed by atoms with van der Waals surface area (Å²) in [6.45, 7) is 0.537. The van der Waals surface area contributed by atoms with Crippen LogP contribution < -0.4 is 15.8 Å². The summed E-state index contributed by atoms with van der Waals surface area (Å²) in [5.74, 6) is 4.82. The van der Waals surface area contributed by atoms with Crippen LogP contribution in [0.25, 0.3) is 0 Å². The minimum atomic E-state index is -4.19. The smallest absolute Gasteiger partial charge is 0.266 e. The minimum absolute atomic E-state index is 0.128. The molecule has 0 aliphatic heterocycles. The van der Waals surface area contributed by atoms with Gasteiger partial charge in [-0.2, -0.15) is 0 Å². The van der Waals surface area contributed by atoms with Crippen LogP contribution >= 0.6 is 11.3 Å². The molecule has 7 nitrogen and oxygen atoms in total. The summed E-state index contributed by atoms with van der Waals surface area (Å²) in [7, 11) is -4.19. The van der Waals surface area contributed by atoms with E-state index in [-0.39, 0.29) is 22.9 Å². The zero-order valence-electron chi connectivity index (χ0n) is 15.6. The molecule has 10 heteroatoms. The Hall–Kier alpha value is -3.26. The molecule has 1 heterocycles. The number of sulfonamides is 1. The minimum Gasteiger partial charge on any atom is -0.380 e. The number of aromatic nitrogens is 1. The van der Waals surface area contributed by atoms with Crippen LogP contribution in [-0.4, -0.2) is 26.2 Å². The van der Waals surface area contributed by atoms with Crippen LogP contribution in [0, 0.1) is 23.1 Å². The predicted molar refractivity (Wildman–Crippen MR) is 117 cm³/mol. The van der Waals surface area contributed by atoms with Gasteiger partial charge in [-0.3, -0.25) is 4.72 Å². The van der Waals surface area contributed by atoms with Gasteiger partial charge in [-0.25, -0.2) is 17.8 Å². The lowest BCUT2D eigenvalue weighted by Crippen LogP contribution is -2.15. The summed E-state index contributed by atoms with van der Waals surface area (Å²) < 4.78 is 41.9. The number of halogens is 1. The van der Waals surface area contributed by atoms with Crippen LogP contribution in [0.4, 0.5) is 15.2 Å². The summed E-state index contributed by atoms with van der Waals surface area (Å²) in [6.07, 6.45) is 2.40. The monoisotopic (exact) mass is 443 g/mol. The number of hydrogen-bond donors (Lipinski definition) is 4. The average Bonchev–Trinajstić information content (AvgIpc) is 3.23. The van der Waals surface area contributed by atoms with Gasteiger partial charge in [0.05, 0.1) is 6.54 Å². The molecule has 30 heavy (non-hydrogen) atoms. The van der Waals surface area contributed by atoms with Crippen molar-refractivity contribution in [2.45, 2.75) is 11.4 Å². The maximum Gasteiger partial charge on any atom is 0.266 e. The van der Waals surface area contributed by atoms with E-state index >= 15 is 0 Å². The maximum atomic E-state index is 14.7. The Kier molecular flexibility index (Phi) is 6.79. The van der Waals surface area contributed by atoms with Gasteiger partial charge in [0, 0.05) is 41.2 Å². The fraction of sp³-hybridized carbons (Fsp3) is 0.100. The Morgan fingerprint density at radius 2 is 2.10 bits per heavy atom. The van der Waals surface area contributed by atoms with Crippen molar-refractivity contribution in [2.75, 3.05) is 16.6 Å². The Morgan fingerprint density at radius 1 is 1.30 bits per heavy atom. The largest absolute Gasteiger partial charge is 0.380 e. The number of rotatable bonds is 7. The van der Waals surface area contributed by atoms with E-state index in [1.807, 2.05) is 24.3 Å². The number of anilines is 2. The van der Waals surface area contributed by atoms with E-state index in [2.05, 4.69) is 26.9 Å². The molecule has 3 aromatic rings. The standard InChI is InChI=1S/C20H18FN5O2S2/c21-17-11-18(25-13-15-5-2-1-4-14(15)6-3-7-22)16(12-23)10-19(17)30(27,28)26-20-24-8-9-29-20/h1-2,4-5,8-12,23,25H,7,13,22H2,(H,24,26). The number of benzene rings is 2. The Balaban J connectivity index is 1.87. The quantitative estimate of drug-likeness (QED) is 0.330. The molecular weight excluding hydrogens is 425 g/mol. The molecule has 2 aromatic carbocycles. The van der Waals surface area contributed by atoms with Gasteiger partial charge in [0.2, 0.25) is 0 Å². The Morgan fingerprint density at radius 3 is 2.80 bits per heavy atom. The van der Waals surface area contributed by atoms with E-state index in [4.69, 9.17) is 11.1 Å². The molecular formula is C20H18FN5O2S2. The van der Waals surface area contributed by atoms with E-state index in [1.54, 1.807) is 5.38 Å². The predicted octanol–water partition coefficient (Wildman–Crippen LogP) is 3.00. The van der Waals surface area contributed by atoms with E-state index in [0.717, 1.165) is 40.8 Å². The topological polar surface area (TPSA) is 121 Å². The second-order valence-electron chi connectivity index (χ2n) is 5.97. The first-order chi connectivity index (χ1) is 14.4. The summed E-state index contributed by atoms with van der Waals surface area (Å²) >= 11 is 1.08. The molecule has 0 radical (unpaired) electrons. The molecule has 5 N–H and O–H groups in total. The number of nitrogens with one attached hydrogen (secondary N) is 3. The highest BCUT2D eigenvalue weighted by molar-refractivity contribution is 7.93. The van der Waals surface area contributed by atoms with Crippen molar-refractivity contribution in [1.29, 1.82) is 5.41 Å². The van der Waals surface area contributed by atoms with Gasteiger partial charge in [0.1, 0.15) is 10.7 Å². The van der Waals surface area contributed by atoms with Gasteiger partial charge >= 0.3 is 0 Å². The molecule has 3 rings (SSSR count). The fourth-order valence-corrected chi connectivity index (χ4v) is 4.51. The van der Waals surface area contributed by atoms with Gasteiger partial charge in [0.15, 0.2) is 5.13 Å². The van der Waals surface area contributed by atoms with Crippen LogP contribution in [-0.2, 0) is 16.6 Å². The van der Waals surface area contributed by atoms with E-state index < -0.39 is 20.7 Å². The third kappa shape index (κ3) is 5.01. The summed E-state index contributed by atoms with van der Waals surface area (Å²) in [5.41, 5.74) is 7.57. The van der Waals surface area contributed by atoms with E-state index in [1.165, 1.54) is 6.20 Å². The van der Waals surface area contributed by atoms with Gasteiger partial charge in [-0.1, -0.05) is 30.0 Å². The molecule has 0 aliphatic rings. The van der Waals surface area contributed by atoms with E-state index in [0.29, 0.717) is 6.54 Å². The molecule has 0 amide bonds. The lowest BCUT2D eigenvalue weighted by Gasteiger charge is -2.14. The number of thiazole rings is 1. The summed E-state index contributed by atoms with van der Waals surface area (Å²) in [6, 6.07) is 9.58. The molecule has 0 atom stereocenters. The number of nitrogens with two attached hydrogens (primary N) is 1. The third-order valence-corrected chi connectivity index (χ3v) is 6.19. The van der Waals surface area contributed by atoms with Crippen molar-refractivity contribution in [3.63, 3.8) is 0 Å². The number of nitrogens with zero attached hydrogens (tertiary/aromatic N) is 1. The molecule has 0 saturated heterocycles. The SMILES string of the molecule is N=Cc1cc(S(=O)(=O)Nc2nccs2)c(F)cc1NCc1ccccc1C#CCN. The second kappa shape index (κ2) is 9.49. The molecule has 1 aromatic heterocycles. The van der Waals surface area contributed by atoms with Crippen molar-refractivity contribution in [2.24, 2.45) is 5.73 Å². The van der Waals surface area contributed by atoms with Crippen molar-refractivity contribution in [1.82, 2.24) is 4.98 Å². The maximum absolute atomic E-state index is 14.7. The molecule has 0 bridgehead atoms. The lowest BCUT2D eigenvalue weighted by atomic mass is 10.1. The van der Waals surface area contributed by atoms with Crippen molar-refractivity contribution < 1.29 is 12.8 Å². The van der Waals surface area contributed by atoms with Crippen LogP contribution in [0.3, 0.4) is 0 Å². The Labute approximate surface area is 177 Å². The molecule has 0 saturated carbocycles. The lowest BCUT2D eigenvalue weighted by molar-refractivity contribution is 0.570. The fourth-order valence-electron chi connectivity index (χ4n) is 2.62. The first-order valence-electron chi connectivity index (χ1n) is 8.71. The zero-order valence-corrected chi connectivity index (χ0v) is 17.3. The highest BCUT2D eigenvalue weighted by atomic mass is 32.2. The van der Waals surface area contributed by atoms with Crippen LogP contribution in [0.1, 0.15) is 16.7 Å². The van der Waals surface area contributed by atoms with Gasteiger partial charge in [-0.15, -0.1) is 11.3 Å². The molecule has 0 unspecified atom stereocenters. The molecule has 0 aliphatic carbocycles. The van der Waals surface area contributed by atoms with Gasteiger partial charge in [0.25, 0.3) is 10.0 Å². The summed E-state index contributed by atoms with van der Waals surface area (Å²) in [5, 5.41) is 12.4. The van der Waals surface area contributed by atoms with Gasteiger partial charge < -0.3 is 16.5 Å². The van der Waals surface area contributed by atoms with Crippen LogP contribution in [0.15, 0.2) is 52.9 Å². The molecule has 154 valence electrons. The highest BCUT2D eigenvalue weighted by Crippen LogP contribution is 2.26. The molecule has 0 spiro atoms. The van der Waals surface area contributed by atoms with E-state index in [9.17, 15) is 12.8 Å². The third-order valence-electron chi connectivity index (χ3n) is 4.01. The van der Waals surface area contributed by atoms with Crippen molar-refractivity contribution >= 4 is 38.4 Å². The highest BCUT2D eigenvalue weighted by Gasteiger charge is 2.22. The van der Waals surface area contributed by atoms with Crippen LogP contribution in [0.2, 0.25) is 0 Å². The van der Waals surface area contributed by atoms with Crippen molar-refractivity contribution in [3.05, 3.63) is 70.5 Å². The van der Waals surface area contributed by atoms with Crippen molar-refractivity contribution in [3.8, 4) is 11.8 Å². The normalized spacial score (nSPS) is 10.7. The van der Waals surface area contributed by atoms with Crippen LogP contribution in [0.5, 0.6) is 0 Å². The number of hydrogen-bond acceptors (Lipinski definition) is 7. The molecule has 0 fully saturated rings. The zero-order chi connectivity index (χ0) is 21.6. The first-order valence-corrected chi connectivity index (χ1v) is 11.1. The Bertz CT molecular complexity index is 1220. The summed E-state index contributed by atoms with van der Waals surface area (Å²) in [4.78, 5) is 3.28.